The van der Waals surface area contributed by atoms with Gasteiger partial charge in [-0.2, -0.15) is 0 Å². The molecule has 0 saturated heterocycles. The minimum atomic E-state index is -0.485. The van der Waals surface area contributed by atoms with Crippen molar-refractivity contribution in [1.82, 2.24) is 0 Å². The van der Waals surface area contributed by atoms with E-state index in [4.69, 9.17) is 0 Å². The Bertz CT molecular complexity index is 2190. The lowest BCUT2D eigenvalue weighted by Gasteiger charge is -2.49. The second-order valence-corrected chi connectivity index (χ2v) is 15.4. The van der Waals surface area contributed by atoms with Crippen LogP contribution in [0.3, 0.4) is 0 Å². The zero-order valence-corrected chi connectivity index (χ0v) is 29.6. The van der Waals surface area contributed by atoms with E-state index >= 15 is 0 Å². The molecule has 0 aromatic heterocycles. The van der Waals surface area contributed by atoms with Gasteiger partial charge in [-0.05, 0) is 104 Å². The Hall–Kier alpha value is -4.80. The predicted molar refractivity (Wildman–Crippen MR) is 207 cm³/mol. The number of aryl methyl sites for hydroxylation is 3. The van der Waals surface area contributed by atoms with E-state index in [2.05, 4.69) is 174 Å². The summed E-state index contributed by atoms with van der Waals surface area (Å²) >= 11 is 0. The van der Waals surface area contributed by atoms with Gasteiger partial charge in [0.15, 0.2) is 0 Å². The first-order valence-corrected chi connectivity index (χ1v) is 17.7. The van der Waals surface area contributed by atoms with E-state index in [1.54, 1.807) is 0 Å². The van der Waals surface area contributed by atoms with Crippen LogP contribution in [0.15, 0.2) is 109 Å². The topological polar surface area (TPSA) is 56.3 Å². The van der Waals surface area contributed by atoms with Crippen molar-refractivity contribution in [3.8, 4) is 0 Å². The van der Waals surface area contributed by atoms with Gasteiger partial charge in [-0.15, -0.1) is 0 Å². The molecule has 49 heavy (non-hydrogen) atoms. The van der Waals surface area contributed by atoms with Crippen LogP contribution < -0.4 is 16.0 Å². The van der Waals surface area contributed by atoms with Crippen LogP contribution in [0, 0.1) is 26.7 Å². The van der Waals surface area contributed by atoms with Gasteiger partial charge in [0, 0.05) is 39.7 Å². The molecule has 248 valence electrons. The van der Waals surface area contributed by atoms with Crippen LogP contribution in [0.4, 0.5) is 17.1 Å². The van der Waals surface area contributed by atoms with Crippen molar-refractivity contribution in [3.63, 3.8) is 0 Å². The van der Waals surface area contributed by atoms with Gasteiger partial charge in [0.25, 0.3) is 0 Å². The molecule has 0 radical (unpaired) electrons. The first-order chi connectivity index (χ1) is 23.4. The van der Waals surface area contributed by atoms with Crippen molar-refractivity contribution >= 4 is 38.6 Å². The molecular weight excluding hydrogens is 599 g/mol. The molecule has 4 heteroatoms. The zero-order valence-electron chi connectivity index (χ0n) is 29.6. The highest BCUT2D eigenvalue weighted by molar-refractivity contribution is 6.07. The van der Waals surface area contributed by atoms with Crippen molar-refractivity contribution in [3.05, 3.63) is 148 Å². The Labute approximate surface area is 290 Å². The molecule has 1 aliphatic heterocycles. The maximum Gasteiger partial charge on any atom is 0.131 e. The molecule has 1 aliphatic carbocycles. The van der Waals surface area contributed by atoms with Gasteiger partial charge in [0.2, 0.25) is 0 Å². The largest absolute Gasteiger partial charge is 0.392 e. The number of anilines is 3. The Morgan fingerprint density at radius 1 is 0.653 bits per heavy atom. The summed E-state index contributed by atoms with van der Waals surface area (Å²) in [6.07, 6.45) is -0.485. The molecular formula is C45H47N3O. The molecule has 5 unspecified atom stereocenters. The molecule has 1 heterocycles. The van der Waals surface area contributed by atoms with Crippen LogP contribution in [0.2, 0.25) is 0 Å². The number of hydrogen-bond donors (Lipinski definition) is 4. The zero-order chi connectivity index (χ0) is 34.2. The average molecular weight is 646 g/mol. The van der Waals surface area contributed by atoms with E-state index < -0.39 is 11.8 Å². The Morgan fingerprint density at radius 2 is 1.20 bits per heavy atom. The van der Waals surface area contributed by atoms with Crippen molar-refractivity contribution in [2.45, 2.75) is 77.6 Å². The fourth-order valence-electron chi connectivity index (χ4n) is 8.77. The summed E-state index contributed by atoms with van der Waals surface area (Å²) in [7, 11) is 0. The van der Waals surface area contributed by atoms with Crippen LogP contribution >= 0.6 is 0 Å². The molecule has 4 nitrogen and oxygen atoms in total. The van der Waals surface area contributed by atoms with Crippen molar-refractivity contribution < 1.29 is 5.11 Å². The Balaban J connectivity index is 1.12. The van der Waals surface area contributed by atoms with Crippen LogP contribution in [0.5, 0.6) is 0 Å². The molecule has 6 aromatic rings. The van der Waals surface area contributed by atoms with Crippen molar-refractivity contribution in [2.24, 2.45) is 5.92 Å². The van der Waals surface area contributed by atoms with Gasteiger partial charge in [-0.3, -0.25) is 0 Å². The lowest BCUT2D eigenvalue weighted by atomic mass is 9.57. The first-order valence-electron chi connectivity index (χ1n) is 17.7. The summed E-state index contributed by atoms with van der Waals surface area (Å²) in [4.78, 5) is 0. The van der Waals surface area contributed by atoms with Gasteiger partial charge in [-0.25, -0.2) is 0 Å². The molecule has 2 aliphatic rings. The van der Waals surface area contributed by atoms with E-state index in [1.165, 1.54) is 60.5 Å². The molecule has 4 N–H and O–H groups in total. The predicted octanol–water partition coefficient (Wildman–Crippen LogP) is 10.9. The molecule has 1 fully saturated rings. The summed E-state index contributed by atoms with van der Waals surface area (Å²) in [6, 6.07) is 39.6. The molecule has 0 amide bonds. The van der Waals surface area contributed by atoms with Gasteiger partial charge in [0.1, 0.15) is 5.66 Å². The van der Waals surface area contributed by atoms with E-state index in [1.807, 2.05) is 0 Å². The summed E-state index contributed by atoms with van der Waals surface area (Å²) in [5, 5.41) is 28.4. The quantitative estimate of drug-likeness (QED) is 0.146. The maximum absolute atomic E-state index is 12.1. The lowest BCUT2D eigenvalue weighted by Crippen LogP contribution is -2.46. The second-order valence-electron chi connectivity index (χ2n) is 15.4. The highest BCUT2D eigenvalue weighted by atomic mass is 16.3. The lowest BCUT2D eigenvalue weighted by molar-refractivity contribution is -0.00924. The van der Waals surface area contributed by atoms with Gasteiger partial charge >= 0.3 is 0 Å². The number of hydrogen-bond acceptors (Lipinski definition) is 4. The van der Waals surface area contributed by atoms with E-state index in [0.717, 1.165) is 17.1 Å². The van der Waals surface area contributed by atoms with Crippen LogP contribution in [-0.2, 0) is 11.2 Å². The molecule has 6 aromatic carbocycles. The smallest absolute Gasteiger partial charge is 0.131 e. The average Bonchev–Trinajstić information content (AvgIpc) is 3.07. The fraction of sp³-hybridized carbons (Fsp3) is 0.289. The standard InChI is InChI=1S/C45H47N3O/c1-26-14-19-30(20-15-26)44(5,6)46-36-12-8-10-32-34(23-18-28(3)39(32)36)40-29(4)41(43(40)49)35-24-25-38-42-33(35)11-9-13-37(42)47-45(7,48-38)31-21-16-27(2)17-22-31/h8-25,29,40-41,43,46-49H,1-7H3. The summed E-state index contributed by atoms with van der Waals surface area (Å²) in [5.41, 5.74) is 11.3. The third-order valence-corrected chi connectivity index (χ3v) is 11.6. The Morgan fingerprint density at radius 3 is 1.84 bits per heavy atom. The number of benzene rings is 6. The minimum absolute atomic E-state index is 0.0397. The first kappa shape index (κ1) is 31.5. The third kappa shape index (κ3) is 5.08. The number of rotatable bonds is 6. The van der Waals surface area contributed by atoms with Crippen molar-refractivity contribution in [2.75, 3.05) is 16.0 Å². The molecule has 0 bridgehead atoms. The minimum Gasteiger partial charge on any atom is -0.392 e. The summed E-state index contributed by atoms with van der Waals surface area (Å²) < 4.78 is 0. The highest BCUT2D eigenvalue weighted by Gasteiger charge is 2.49. The number of aliphatic hydroxyl groups is 1. The monoisotopic (exact) mass is 645 g/mol. The number of fused-ring (bicyclic) bond motifs is 1. The molecule has 1 saturated carbocycles. The van der Waals surface area contributed by atoms with E-state index in [0.29, 0.717) is 0 Å². The SMILES string of the molecule is Cc1ccc(C(C)(C)Nc2cccc3c(C4C(C)C(c5ccc6c7c(cccc57)NC(C)(c5ccc(C)cc5)N6)C4O)ccc(C)c23)cc1. The van der Waals surface area contributed by atoms with E-state index in [-0.39, 0.29) is 23.3 Å². The molecule has 5 atom stereocenters. The third-order valence-electron chi connectivity index (χ3n) is 11.6. The summed E-state index contributed by atoms with van der Waals surface area (Å²) in [5.74, 6) is 0.346. The van der Waals surface area contributed by atoms with Gasteiger partial charge < -0.3 is 21.1 Å². The van der Waals surface area contributed by atoms with Crippen LogP contribution in [0.25, 0.3) is 21.5 Å². The van der Waals surface area contributed by atoms with Crippen LogP contribution in [0.1, 0.15) is 78.5 Å². The normalized spacial score (nSPS) is 23.1. The number of nitrogens with one attached hydrogen (secondary N) is 3. The van der Waals surface area contributed by atoms with Crippen LogP contribution in [-0.4, -0.2) is 11.2 Å². The molecule has 8 rings (SSSR count). The summed E-state index contributed by atoms with van der Waals surface area (Å²) in [6.45, 7) is 15.4. The second kappa shape index (κ2) is 11.4. The fourth-order valence-corrected chi connectivity index (χ4v) is 8.77. The Kier molecular flexibility index (Phi) is 7.31. The van der Waals surface area contributed by atoms with Gasteiger partial charge in [0.05, 0.1) is 11.6 Å². The van der Waals surface area contributed by atoms with Crippen molar-refractivity contribution in [1.29, 1.82) is 0 Å². The number of aliphatic hydroxyl groups excluding tert-OH is 1. The highest BCUT2D eigenvalue weighted by Crippen LogP contribution is 2.56. The molecule has 0 spiro atoms. The van der Waals surface area contributed by atoms with E-state index in [9.17, 15) is 5.11 Å². The van der Waals surface area contributed by atoms with Gasteiger partial charge in [-0.1, -0.05) is 109 Å². The maximum atomic E-state index is 12.1.